The zero-order valence-corrected chi connectivity index (χ0v) is 12.9. The van der Waals surface area contributed by atoms with E-state index < -0.39 is 9.84 Å². The highest BCUT2D eigenvalue weighted by Gasteiger charge is 2.29. The molecule has 0 aliphatic carbocycles. The van der Waals surface area contributed by atoms with Crippen molar-refractivity contribution in [2.24, 2.45) is 5.92 Å². The van der Waals surface area contributed by atoms with Gasteiger partial charge in [-0.25, -0.2) is 8.42 Å². The van der Waals surface area contributed by atoms with Crippen molar-refractivity contribution >= 4 is 21.4 Å². The summed E-state index contributed by atoms with van der Waals surface area (Å²) >= 11 is 0. The highest BCUT2D eigenvalue weighted by atomic mass is 32.2. The number of hydrogen-bond acceptors (Lipinski definition) is 3. The van der Waals surface area contributed by atoms with Crippen LogP contribution in [0.25, 0.3) is 0 Å². The normalized spacial score (nSPS) is 24.4. The molecule has 1 fully saturated rings. The molecule has 1 aromatic rings. The van der Waals surface area contributed by atoms with E-state index in [1.54, 1.807) is 0 Å². The van der Waals surface area contributed by atoms with Gasteiger partial charge in [0.2, 0.25) is 5.91 Å². The van der Waals surface area contributed by atoms with Crippen molar-refractivity contribution in [3.05, 3.63) is 29.8 Å². The van der Waals surface area contributed by atoms with Gasteiger partial charge in [0.1, 0.15) is 0 Å². The fourth-order valence-corrected chi connectivity index (χ4v) is 5.20. The molecule has 4 nitrogen and oxygen atoms in total. The minimum absolute atomic E-state index is 0.00895. The quantitative estimate of drug-likeness (QED) is 0.841. The second kappa shape index (κ2) is 5.79. The Kier molecular flexibility index (Phi) is 4.02. The fourth-order valence-electron chi connectivity index (χ4n) is 3.43. The van der Waals surface area contributed by atoms with Crippen molar-refractivity contribution in [1.29, 1.82) is 0 Å². The van der Waals surface area contributed by atoms with Crippen LogP contribution in [0.1, 0.15) is 31.2 Å². The molecule has 3 rings (SSSR count). The van der Waals surface area contributed by atoms with Gasteiger partial charge in [-0.3, -0.25) is 4.79 Å². The van der Waals surface area contributed by atoms with E-state index >= 15 is 0 Å². The molecule has 1 saturated heterocycles. The van der Waals surface area contributed by atoms with E-state index in [1.807, 2.05) is 23.1 Å². The Balaban J connectivity index is 1.72. The zero-order valence-electron chi connectivity index (χ0n) is 12.1. The fraction of sp³-hybridized carbons (Fsp3) is 0.562. The monoisotopic (exact) mass is 307 g/mol. The number of fused-ring (bicyclic) bond motifs is 1. The number of rotatable bonds is 2. The van der Waals surface area contributed by atoms with Crippen LogP contribution in [0.4, 0.5) is 5.69 Å². The van der Waals surface area contributed by atoms with Crippen LogP contribution in [0.3, 0.4) is 0 Å². The Labute approximate surface area is 126 Å². The van der Waals surface area contributed by atoms with E-state index in [9.17, 15) is 13.2 Å². The molecule has 1 aromatic carbocycles. The van der Waals surface area contributed by atoms with Gasteiger partial charge in [-0.05, 0) is 43.2 Å². The maximum Gasteiger partial charge on any atom is 0.227 e. The molecule has 0 bridgehead atoms. The van der Waals surface area contributed by atoms with Crippen molar-refractivity contribution in [1.82, 2.24) is 0 Å². The van der Waals surface area contributed by atoms with Crippen molar-refractivity contribution in [2.45, 2.75) is 32.1 Å². The maximum atomic E-state index is 12.6. The number of aryl methyl sites for hydroxylation is 1. The Morgan fingerprint density at radius 3 is 2.86 bits per heavy atom. The summed E-state index contributed by atoms with van der Waals surface area (Å²) < 4.78 is 23.4. The van der Waals surface area contributed by atoms with Crippen LogP contribution in [0.15, 0.2) is 24.3 Å². The highest BCUT2D eigenvalue weighted by Crippen LogP contribution is 2.29. The summed E-state index contributed by atoms with van der Waals surface area (Å²) in [6.07, 6.45) is 3.88. The Hall–Kier alpha value is -1.36. The van der Waals surface area contributed by atoms with E-state index in [0.717, 1.165) is 31.5 Å². The largest absolute Gasteiger partial charge is 0.312 e. The molecule has 1 amide bonds. The van der Waals surface area contributed by atoms with Crippen LogP contribution in [-0.2, 0) is 21.1 Å². The van der Waals surface area contributed by atoms with Crippen LogP contribution in [0.2, 0.25) is 0 Å². The van der Waals surface area contributed by atoms with Gasteiger partial charge in [0.15, 0.2) is 9.84 Å². The number of hydrogen-bond donors (Lipinski definition) is 0. The first kappa shape index (κ1) is 14.6. The van der Waals surface area contributed by atoms with Crippen molar-refractivity contribution in [2.75, 3.05) is 23.0 Å². The van der Waals surface area contributed by atoms with Gasteiger partial charge in [0, 0.05) is 18.7 Å². The number of sulfone groups is 1. The van der Waals surface area contributed by atoms with Gasteiger partial charge in [0.25, 0.3) is 0 Å². The van der Waals surface area contributed by atoms with Gasteiger partial charge in [-0.1, -0.05) is 18.2 Å². The molecule has 114 valence electrons. The standard InChI is InChI=1S/C16H21NO3S/c18-16(11-13-5-4-10-21(19,20)12-13)17-9-3-7-14-6-1-2-8-15(14)17/h1-2,6,8,13H,3-5,7,9-12H2. The van der Waals surface area contributed by atoms with Crippen LogP contribution in [0.5, 0.6) is 0 Å². The summed E-state index contributed by atoms with van der Waals surface area (Å²) in [5.74, 6) is 0.521. The van der Waals surface area contributed by atoms with Gasteiger partial charge in [0.05, 0.1) is 11.5 Å². The number of amides is 1. The zero-order chi connectivity index (χ0) is 14.9. The Morgan fingerprint density at radius 2 is 2.05 bits per heavy atom. The third-order valence-electron chi connectivity index (χ3n) is 4.43. The molecular formula is C16H21NO3S. The lowest BCUT2D eigenvalue weighted by Crippen LogP contribution is -2.38. The van der Waals surface area contributed by atoms with E-state index in [0.29, 0.717) is 12.8 Å². The SMILES string of the molecule is O=C(CC1CCCS(=O)(=O)C1)N1CCCc2ccccc21. The average Bonchev–Trinajstić information content (AvgIpc) is 2.45. The number of benzene rings is 1. The van der Waals surface area contributed by atoms with E-state index in [4.69, 9.17) is 0 Å². The lowest BCUT2D eigenvalue weighted by molar-refractivity contribution is -0.119. The molecule has 2 aliphatic rings. The molecule has 2 aliphatic heterocycles. The summed E-state index contributed by atoms with van der Waals surface area (Å²) in [5, 5.41) is 0. The maximum absolute atomic E-state index is 12.6. The first-order valence-corrected chi connectivity index (χ1v) is 9.46. The second-order valence-electron chi connectivity index (χ2n) is 6.10. The van der Waals surface area contributed by atoms with Crippen LogP contribution >= 0.6 is 0 Å². The molecule has 1 atom stereocenters. The molecule has 2 heterocycles. The number of carbonyl (C=O) groups is 1. The molecular weight excluding hydrogens is 286 g/mol. The van der Waals surface area contributed by atoms with Crippen molar-refractivity contribution < 1.29 is 13.2 Å². The Morgan fingerprint density at radius 1 is 1.24 bits per heavy atom. The smallest absolute Gasteiger partial charge is 0.227 e. The summed E-state index contributed by atoms with van der Waals surface area (Å²) in [5.41, 5.74) is 2.22. The molecule has 0 spiro atoms. The molecule has 0 saturated carbocycles. The molecule has 0 radical (unpaired) electrons. The number of carbonyl (C=O) groups excluding carboxylic acids is 1. The van der Waals surface area contributed by atoms with Gasteiger partial charge >= 0.3 is 0 Å². The molecule has 0 aromatic heterocycles. The van der Waals surface area contributed by atoms with Gasteiger partial charge in [-0.15, -0.1) is 0 Å². The highest BCUT2D eigenvalue weighted by molar-refractivity contribution is 7.91. The number of para-hydroxylation sites is 1. The van der Waals surface area contributed by atoms with Crippen LogP contribution < -0.4 is 4.90 Å². The summed E-state index contributed by atoms with van der Waals surface area (Å²) in [7, 11) is -2.94. The molecule has 5 heteroatoms. The van der Waals surface area contributed by atoms with E-state index in [2.05, 4.69) is 6.07 Å². The first-order chi connectivity index (χ1) is 10.1. The topological polar surface area (TPSA) is 54.5 Å². The lowest BCUT2D eigenvalue weighted by Gasteiger charge is -2.31. The molecule has 1 unspecified atom stereocenters. The molecule has 21 heavy (non-hydrogen) atoms. The number of nitrogens with zero attached hydrogens (tertiary/aromatic N) is 1. The average molecular weight is 307 g/mol. The third kappa shape index (κ3) is 3.28. The second-order valence-corrected chi connectivity index (χ2v) is 8.33. The van der Waals surface area contributed by atoms with Crippen molar-refractivity contribution in [3.8, 4) is 0 Å². The van der Waals surface area contributed by atoms with E-state index in [-0.39, 0.29) is 23.3 Å². The Bertz CT molecular complexity index is 639. The van der Waals surface area contributed by atoms with Gasteiger partial charge < -0.3 is 4.90 Å². The minimum Gasteiger partial charge on any atom is -0.312 e. The lowest BCUT2D eigenvalue weighted by atomic mass is 9.98. The van der Waals surface area contributed by atoms with Crippen molar-refractivity contribution in [3.63, 3.8) is 0 Å². The minimum atomic E-state index is -2.94. The third-order valence-corrected chi connectivity index (χ3v) is 6.32. The van der Waals surface area contributed by atoms with Crippen LogP contribution in [0, 0.1) is 5.92 Å². The summed E-state index contributed by atoms with van der Waals surface area (Å²) in [6.45, 7) is 0.745. The van der Waals surface area contributed by atoms with E-state index in [1.165, 1.54) is 5.56 Å². The van der Waals surface area contributed by atoms with Gasteiger partial charge in [-0.2, -0.15) is 0 Å². The number of anilines is 1. The summed E-state index contributed by atoms with van der Waals surface area (Å²) in [6, 6.07) is 8.01. The summed E-state index contributed by atoms with van der Waals surface area (Å²) in [4.78, 5) is 14.4. The van der Waals surface area contributed by atoms with Crippen LogP contribution in [-0.4, -0.2) is 32.4 Å². The predicted molar refractivity (Wildman–Crippen MR) is 83.1 cm³/mol. The molecule has 0 N–H and O–H groups in total. The predicted octanol–water partition coefficient (Wildman–Crippen LogP) is 2.18. The first-order valence-electron chi connectivity index (χ1n) is 7.64.